The second kappa shape index (κ2) is 7.89. The number of rotatable bonds is 4. The minimum absolute atomic E-state index is 0.255. The Morgan fingerprint density at radius 3 is 2.54 bits per heavy atom. The summed E-state index contributed by atoms with van der Waals surface area (Å²) in [6.45, 7) is 2.48. The van der Waals surface area contributed by atoms with Crippen molar-refractivity contribution in [2.45, 2.75) is 6.92 Å². The van der Waals surface area contributed by atoms with Crippen LogP contribution in [0.3, 0.4) is 0 Å². The molecule has 4 rings (SSSR count). The Kier molecular flexibility index (Phi) is 5.33. The van der Waals surface area contributed by atoms with Crippen molar-refractivity contribution in [1.82, 2.24) is 0 Å². The smallest absolute Gasteiger partial charge is 0.363 e. The van der Waals surface area contributed by atoms with E-state index < -0.39 is 5.97 Å². The second-order valence-corrected chi connectivity index (χ2v) is 7.82. The molecule has 0 aliphatic carbocycles. The van der Waals surface area contributed by atoms with Crippen molar-refractivity contribution in [1.29, 1.82) is 0 Å². The zero-order chi connectivity index (χ0) is 19.7. The van der Waals surface area contributed by atoms with E-state index in [1.165, 1.54) is 0 Å². The van der Waals surface area contributed by atoms with Gasteiger partial charge in [0.1, 0.15) is 5.75 Å². The lowest BCUT2D eigenvalue weighted by Gasteiger charge is -2.09. The molecular formula is C22H15Br2NO3. The number of carbonyl (C=O) groups is 1. The van der Waals surface area contributed by atoms with Gasteiger partial charge in [-0.1, -0.05) is 36.4 Å². The standard InChI is InChI=1S/C22H15Br2NO3/c1-2-27-20-17(23)10-13(11-18(20)24)12-19-22(26)28-21(25-19)16-9-5-7-14-6-3-4-8-15(14)16/h3-12H,2H2,1H3/b19-12-. The quantitative estimate of drug-likeness (QED) is 0.321. The van der Waals surface area contributed by atoms with Gasteiger partial charge >= 0.3 is 5.97 Å². The average Bonchev–Trinajstić information content (AvgIpc) is 3.04. The van der Waals surface area contributed by atoms with Crippen LogP contribution < -0.4 is 4.74 Å². The fraction of sp³-hybridized carbons (Fsp3) is 0.0909. The van der Waals surface area contributed by atoms with Gasteiger partial charge in [0.2, 0.25) is 5.90 Å². The first-order valence-corrected chi connectivity index (χ1v) is 10.3. The molecule has 0 saturated carbocycles. The first-order valence-electron chi connectivity index (χ1n) is 8.69. The summed E-state index contributed by atoms with van der Waals surface area (Å²) in [6, 6.07) is 17.5. The molecule has 1 aliphatic heterocycles. The Hall–Kier alpha value is -2.44. The first kappa shape index (κ1) is 18.9. The summed E-state index contributed by atoms with van der Waals surface area (Å²) in [5, 5.41) is 2.06. The van der Waals surface area contributed by atoms with Gasteiger partial charge in [0, 0.05) is 5.56 Å². The number of hydrogen-bond donors (Lipinski definition) is 0. The number of esters is 1. The van der Waals surface area contributed by atoms with Crippen molar-refractivity contribution in [3.8, 4) is 5.75 Å². The van der Waals surface area contributed by atoms with E-state index in [1.807, 2.05) is 61.5 Å². The highest BCUT2D eigenvalue weighted by Gasteiger charge is 2.25. The van der Waals surface area contributed by atoms with Gasteiger partial charge in [-0.2, -0.15) is 0 Å². The number of halogens is 2. The van der Waals surface area contributed by atoms with E-state index in [0.717, 1.165) is 36.6 Å². The second-order valence-electron chi connectivity index (χ2n) is 6.11. The van der Waals surface area contributed by atoms with E-state index in [0.29, 0.717) is 12.5 Å². The molecule has 0 saturated heterocycles. The largest absolute Gasteiger partial charge is 0.492 e. The van der Waals surface area contributed by atoms with Crippen LogP contribution in [0.15, 0.2) is 74.2 Å². The van der Waals surface area contributed by atoms with E-state index >= 15 is 0 Å². The van der Waals surface area contributed by atoms with Crippen molar-refractivity contribution in [3.05, 3.63) is 80.4 Å². The summed E-state index contributed by atoms with van der Waals surface area (Å²) in [6.07, 6.45) is 1.70. The van der Waals surface area contributed by atoms with Crippen LogP contribution in [0.5, 0.6) is 5.75 Å². The number of hydrogen-bond acceptors (Lipinski definition) is 4. The normalized spacial score (nSPS) is 15.0. The molecule has 0 atom stereocenters. The van der Waals surface area contributed by atoms with Gasteiger partial charge in [0.05, 0.1) is 15.6 Å². The molecular weight excluding hydrogens is 486 g/mol. The lowest BCUT2D eigenvalue weighted by Crippen LogP contribution is -2.05. The van der Waals surface area contributed by atoms with Crippen LogP contribution in [-0.2, 0) is 9.53 Å². The minimum atomic E-state index is -0.468. The molecule has 0 unspecified atom stereocenters. The molecule has 0 fully saturated rings. The third-order valence-corrected chi connectivity index (χ3v) is 5.43. The van der Waals surface area contributed by atoms with Gasteiger partial charge in [-0.3, -0.25) is 0 Å². The fourth-order valence-electron chi connectivity index (χ4n) is 3.04. The molecule has 0 aromatic heterocycles. The summed E-state index contributed by atoms with van der Waals surface area (Å²) < 4.78 is 12.6. The number of fused-ring (bicyclic) bond motifs is 1. The maximum absolute atomic E-state index is 12.4. The Morgan fingerprint density at radius 1 is 1.07 bits per heavy atom. The number of aliphatic imine (C=N–C) groups is 1. The van der Waals surface area contributed by atoms with E-state index in [2.05, 4.69) is 36.9 Å². The van der Waals surface area contributed by atoms with Gasteiger partial charge in [0.25, 0.3) is 0 Å². The maximum atomic E-state index is 12.4. The van der Waals surface area contributed by atoms with Gasteiger partial charge < -0.3 is 9.47 Å². The van der Waals surface area contributed by atoms with Gasteiger partial charge in [-0.25, -0.2) is 9.79 Å². The Morgan fingerprint density at radius 2 is 1.79 bits per heavy atom. The lowest BCUT2D eigenvalue weighted by atomic mass is 10.0. The van der Waals surface area contributed by atoms with E-state index in [9.17, 15) is 4.79 Å². The van der Waals surface area contributed by atoms with Crippen LogP contribution >= 0.6 is 31.9 Å². The molecule has 0 bridgehead atoms. The zero-order valence-electron chi connectivity index (χ0n) is 14.9. The van der Waals surface area contributed by atoms with Gasteiger partial charge in [-0.05, 0) is 79.4 Å². The number of carbonyl (C=O) groups excluding carboxylic acids is 1. The maximum Gasteiger partial charge on any atom is 0.363 e. The molecule has 1 aliphatic rings. The zero-order valence-corrected chi connectivity index (χ0v) is 18.1. The summed E-state index contributed by atoms with van der Waals surface area (Å²) >= 11 is 7.01. The number of nitrogens with zero attached hydrogens (tertiary/aromatic N) is 1. The SMILES string of the molecule is CCOc1c(Br)cc(/C=C2\N=C(c3cccc4ccccc34)OC2=O)cc1Br. The summed E-state index contributed by atoms with van der Waals surface area (Å²) in [7, 11) is 0. The van der Waals surface area contributed by atoms with Crippen molar-refractivity contribution in [2.75, 3.05) is 6.61 Å². The minimum Gasteiger partial charge on any atom is -0.492 e. The van der Waals surface area contributed by atoms with Crippen molar-refractivity contribution in [3.63, 3.8) is 0 Å². The molecule has 4 nitrogen and oxygen atoms in total. The molecule has 0 N–H and O–H groups in total. The van der Waals surface area contributed by atoms with Crippen LogP contribution in [0.25, 0.3) is 16.8 Å². The van der Waals surface area contributed by atoms with Crippen molar-refractivity contribution < 1.29 is 14.3 Å². The molecule has 6 heteroatoms. The Balaban J connectivity index is 1.73. The lowest BCUT2D eigenvalue weighted by molar-refractivity contribution is -0.129. The third kappa shape index (κ3) is 3.62. The summed E-state index contributed by atoms with van der Waals surface area (Å²) in [5.74, 6) is 0.569. The molecule has 0 amide bonds. The van der Waals surface area contributed by atoms with Crippen LogP contribution in [0.1, 0.15) is 18.1 Å². The molecule has 3 aromatic rings. The van der Waals surface area contributed by atoms with Crippen LogP contribution in [-0.4, -0.2) is 18.5 Å². The van der Waals surface area contributed by atoms with Crippen LogP contribution in [0, 0.1) is 0 Å². The summed E-state index contributed by atoms with van der Waals surface area (Å²) in [5.41, 5.74) is 1.85. The van der Waals surface area contributed by atoms with Crippen molar-refractivity contribution >= 4 is 60.6 Å². The fourth-order valence-corrected chi connectivity index (χ4v) is 4.49. The summed E-state index contributed by atoms with van der Waals surface area (Å²) in [4.78, 5) is 16.8. The number of ether oxygens (including phenoxy) is 2. The molecule has 1 heterocycles. The van der Waals surface area contributed by atoms with Crippen molar-refractivity contribution in [2.24, 2.45) is 4.99 Å². The average molecular weight is 501 g/mol. The molecule has 28 heavy (non-hydrogen) atoms. The van der Waals surface area contributed by atoms with E-state index in [-0.39, 0.29) is 5.70 Å². The molecule has 140 valence electrons. The predicted octanol–water partition coefficient (Wildman–Crippen LogP) is 6.11. The van der Waals surface area contributed by atoms with Gasteiger partial charge in [0.15, 0.2) is 5.70 Å². The topological polar surface area (TPSA) is 47.9 Å². The third-order valence-electron chi connectivity index (χ3n) is 4.25. The van der Waals surface area contributed by atoms with E-state index in [1.54, 1.807) is 6.08 Å². The number of cyclic esters (lactones) is 1. The van der Waals surface area contributed by atoms with E-state index in [4.69, 9.17) is 9.47 Å². The highest BCUT2D eigenvalue weighted by molar-refractivity contribution is 9.11. The predicted molar refractivity (Wildman–Crippen MR) is 118 cm³/mol. The highest BCUT2D eigenvalue weighted by Crippen LogP contribution is 2.36. The Bertz CT molecular complexity index is 1120. The molecule has 0 radical (unpaired) electrons. The van der Waals surface area contributed by atoms with Crippen LogP contribution in [0.2, 0.25) is 0 Å². The highest BCUT2D eigenvalue weighted by atomic mass is 79.9. The van der Waals surface area contributed by atoms with Gasteiger partial charge in [-0.15, -0.1) is 0 Å². The Labute approximate surface area is 179 Å². The number of benzene rings is 3. The van der Waals surface area contributed by atoms with Crippen LogP contribution in [0.4, 0.5) is 0 Å². The molecule has 0 spiro atoms. The first-order chi connectivity index (χ1) is 13.6. The molecule has 3 aromatic carbocycles. The monoisotopic (exact) mass is 499 g/mol.